The molecule has 0 saturated heterocycles. The zero-order valence-corrected chi connectivity index (χ0v) is 23.4. The summed E-state index contributed by atoms with van der Waals surface area (Å²) in [6, 6.07) is 21.6. The van der Waals surface area contributed by atoms with Crippen LogP contribution in [0.2, 0.25) is 0 Å². The molecule has 0 aliphatic rings. The molecule has 3 aromatic rings. The largest absolute Gasteiger partial charge is 0.478 e. The van der Waals surface area contributed by atoms with Crippen LogP contribution in [0.4, 0.5) is 0 Å². The fourth-order valence-electron chi connectivity index (χ4n) is 4.48. The molecule has 0 atom stereocenters. The van der Waals surface area contributed by atoms with Crippen molar-refractivity contribution in [1.82, 2.24) is 0 Å². The summed E-state index contributed by atoms with van der Waals surface area (Å²) in [6.07, 6.45) is 16.2. The molecule has 3 aromatic carbocycles. The lowest BCUT2D eigenvalue weighted by Crippen LogP contribution is -2.12. The first-order valence-electron chi connectivity index (χ1n) is 14.5. The number of carboxylic acids is 1. The number of rotatable bonds is 16. The van der Waals surface area contributed by atoms with Crippen molar-refractivity contribution >= 4 is 22.7 Å². The van der Waals surface area contributed by atoms with Crippen molar-refractivity contribution < 1.29 is 19.4 Å². The minimum atomic E-state index is -1.11. The Kier molecular flexibility index (Phi) is 15.5. The first-order chi connectivity index (χ1) is 18.6. The number of unbranched alkanes of at least 4 members (excludes halogenated alkanes) is 10. The Labute approximate surface area is 229 Å². The highest BCUT2D eigenvalue weighted by Crippen LogP contribution is 2.18. The number of hydrogen-bond donors (Lipinski definition) is 1. The van der Waals surface area contributed by atoms with E-state index in [1.54, 1.807) is 12.1 Å². The lowest BCUT2D eigenvalue weighted by Gasteiger charge is -2.07. The van der Waals surface area contributed by atoms with E-state index in [1.807, 2.05) is 0 Å². The predicted molar refractivity (Wildman–Crippen MR) is 158 cm³/mol. The van der Waals surface area contributed by atoms with E-state index >= 15 is 0 Å². The molecule has 206 valence electrons. The second-order valence-electron chi connectivity index (χ2n) is 9.95. The molecule has 4 heteroatoms. The Bertz CT molecular complexity index is 1090. The second kappa shape index (κ2) is 19.0. The van der Waals surface area contributed by atoms with Crippen LogP contribution in [0.15, 0.2) is 66.7 Å². The highest BCUT2D eigenvalue weighted by molar-refractivity contribution is 6.02. The van der Waals surface area contributed by atoms with E-state index in [1.165, 1.54) is 92.7 Å². The molecule has 0 amide bonds. The molecule has 4 nitrogen and oxygen atoms in total. The van der Waals surface area contributed by atoms with Gasteiger partial charge in [0.15, 0.2) is 0 Å². The molecule has 0 aromatic heterocycles. The Morgan fingerprint density at radius 1 is 0.632 bits per heavy atom. The highest BCUT2D eigenvalue weighted by Gasteiger charge is 2.16. The van der Waals surface area contributed by atoms with Gasteiger partial charge in [-0.3, -0.25) is 0 Å². The maximum atomic E-state index is 11.8. The van der Waals surface area contributed by atoms with Crippen LogP contribution in [0.5, 0.6) is 0 Å². The van der Waals surface area contributed by atoms with Crippen LogP contribution < -0.4 is 0 Å². The quantitative estimate of drug-likeness (QED) is 0.151. The van der Waals surface area contributed by atoms with E-state index in [0.29, 0.717) is 6.61 Å². The smallest absolute Gasteiger partial charge is 0.339 e. The molecule has 0 aliphatic heterocycles. The number of carbonyl (C=O) groups is 2. The number of ether oxygens (including phenoxy) is 1. The van der Waals surface area contributed by atoms with Crippen molar-refractivity contribution in [3.05, 3.63) is 83.4 Å². The predicted octanol–water partition coefficient (Wildman–Crippen LogP) is 9.64. The molecule has 0 spiro atoms. The summed E-state index contributed by atoms with van der Waals surface area (Å²) in [7, 11) is 0. The Morgan fingerprint density at radius 3 is 1.84 bits per heavy atom. The van der Waals surface area contributed by atoms with Crippen molar-refractivity contribution in [3.8, 4) is 0 Å². The molecule has 38 heavy (non-hydrogen) atoms. The van der Waals surface area contributed by atoms with E-state index in [-0.39, 0.29) is 11.1 Å². The Balaban J connectivity index is 0.000000268. The average Bonchev–Trinajstić information content (AvgIpc) is 2.94. The number of aromatic carboxylic acids is 1. The van der Waals surface area contributed by atoms with Gasteiger partial charge in [0.2, 0.25) is 0 Å². The Morgan fingerprint density at radius 2 is 1.18 bits per heavy atom. The van der Waals surface area contributed by atoms with Gasteiger partial charge in [0.05, 0.1) is 17.7 Å². The van der Waals surface area contributed by atoms with E-state index in [9.17, 15) is 9.59 Å². The third-order valence-electron chi connectivity index (χ3n) is 6.74. The third kappa shape index (κ3) is 11.9. The van der Waals surface area contributed by atoms with E-state index in [0.717, 1.165) is 19.3 Å². The summed E-state index contributed by atoms with van der Waals surface area (Å²) in [5.41, 5.74) is 1.59. The van der Waals surface area contributed by atoms with Crippen LogP contribution in [-0.4, -0.2) is 23.7 Å². The molecule has 0 aliphatic carbocycles. The van der Waals surface area contributed by atoms with Gasteiger partial charge in [-0.25, -0.2) is 9.59 Å². The van der Waals surface area contributed by atoms with Gasteiger partial charge in [-0.1, -0.05) is 133 Å². The highest BCUT2D eigenvalue weighted by atomic mass is 16.5. The van der Waals surface area contributed by atoms with Crippen molar-refractivity contribution in [3.63, 3.8) is 0 Å². The first kappa shape index (κ1) is 31.1. The van der Waals surface area contributed by atoms with Gasteiger partial charge < -0.3 is 9.84 Å². The molecule has 0 saturated carbocycles. The third-order valence-corrected chi connectivity index (χ3v) is 6.74. The van der Waals surface area contributed by atoms with Crippen molar-refractivity contribution in [1.29, 1.82) is 0 Å². The van der Waals surface area contributed by atoms with Gasteiger partial charge in [0.1, 0.15) is 0 Å². The lowest BCUT2D eigenvalue weighted by molar-refractivity contribution is 0.0487. The van der Waals surface area contributed by atoms with Crippen LogP contribution in [0.3, 0.4) is 0 Å². The number of carboxylic acid groups (broad SMARTS) is 1. The molecule has 0 unspecified atom stereocenters. The number of hydrogen-bond acceptors (Lipinski definition) is 3. The summed E-state index contributed by atoms with van der Waals surface area (Å²) < 4.78 is 5.12. The molecule has 0 heterocycles. The molecule has 0 radical (unpaired) electrons. The zero-order valence-electron chi connectivity index (χ0n) is 23.4. The van der Waals surface area contributed by atoms with Gasteiger partial charge in [0.25, 0.3) is 0 Å². The average molecular weight is 519 g/mol. The van der Waals surface area contributed by atoms with Gasteiger partial charge in [-0.2, -0.15) is 0 Å². The topological polar surface area (TPSA) is 63.6 Å². The Hall–Kier alpha value is -3.14. The van der Waals surface area contributed by atoms with Gasteiger partial charge >= 0.3 is 11.9 Å². The summed E-state index contributed by atoms with van der Waals surface area (Å²) >= 11 is 0. The van der Waals surface area contributed by atoms with Gasteiger partial charge in [0, 0.05) is 0 Å². The van der Waals surface area contributed by atoms with E-state index < -0.39 is 11.9 Å². The summed E-state index contributed by atoms with van der Waals surface area (Å²) in [5, 5.41) is 11.7. The van der Waals surface area contributed by atoms with Gasteiger partial charge in [-0.15, -0.1) is 0 Å². The van der Waals surface area contributed by atoms with Crippen molar-refractivity contribution in [2.75, 3.05) is 6.61 Å². The van der Waals surface area contributed by atoms with Crippen molar-refractivity contribution in [2.45, 2.75) is 97.3 Å². The normalized spacial score (nSPS) is 10.6. The molecule has 1 N–H and O–H groups in total. The molecule has 0 bridgehead atoms. The summed E-state index contributed by atoms with van der Waals surface area (Å²) in [5.74, 6) is -1.67. The minimum absolute atomic E-state index is 0.0135. The standard InChI is InChI=1S/C18H24.C16H22O4/c1-2-3-4-5-6-7-10-16-13-14-17-11-8-9-12-18(17)15-16;1-2-3-4-5-6-9-12-20-16(19)14-11-8-7-10-13(14)15(17)18/h8-9,11-15H,2-7,10H2,1H3;7-8,10-11H,2-6,9,12H2,1H3,(H,17,18). The van der Waals surface area contributed by atoms with Crippen LogP contribution in [0.25, 0.3) is 10.8 Å². The fraction of sp³-hybridized carbons (Fsp3) is 0.471. The summed E-state index contributed by atoms with van der Waals surface area (Å²) in [6.45, 7) is 4.79. The number of carbonyl (C=O) groups excluding carboxylic acids is 1. The number of fused-ring (bicyclic) bond motifs is 1. The minimum Gasteiger partial charge on any atom is -0.478 e. The maximum absolute atomic E-state index is 11.8. The van der Waals surface area contributed by atoms with Crippen LogP contribution in [0.1, 0.15) is 117 Å². The summed E-state index contributed by atoms with van der Waals surface area (Å²) in [4.78, 5) is 22.8. The van der Waals surface area contributed by atoms with E-state index in [2.05, 4.69) is 56.3 Å². The van der Waals surface area contributed by atoms with Crippen molar-refractivity contribution in [2.24, 2.45) is 0 Å². The second-order valence-corrected chi connectivity index (χ2v) is 9.95. The monoisotopic (exact) mass is 518 g/mol. The molecule has 3 rings (SSSR count). The van der Waals surface area contributed by atoms with Crippen LogP contribution >= 0.6 is 0 Å². The number of esters is 1. The number of benzene rings is 3. The fourth-order valence-corrected chi connectivity index (χ4v) is 4.48. The van der Waals surface area contributed by atoms with Gasteiger partial charge in [-0.05, 0) is 47.7 Å². The number of aryl methyl sites for hydroxylation is 1. The lowest BCUT2D eigenvalue weighted by atomic mass is 10.0. The molecular weight excluding hydrogens is 472 g/mol. The SMILES string of the molecule is CCCCCCCCOC(=O)c1ccccc1C(=O)O.CCCCCCCCc1ccc2ccccc2c1. The molecular formula is C34H46O4. The van der Waals surface area contributed by atoms with Crippen LogP contribution in [0, 0.1) is 0 Å². The van der Waals surface area contributed by atoms with E-state index in [4.69, 9.17) is 9.84 Å². The maximum Gasteiger partial charge on any atom is 0.339 e. The molecule has 0 fully saturated rings. The zero-order chi connectivity index (χ0) is 27.4. The van der Waals surface area contributed by atoms with Crippen LogP contribution in [-0.2, 0) is 11.2 Å². The first-order valence-corrected chi connectivity index (χ1v) is 14.5.